The second-order valence-corrected chi connectivity index (χ2v) is 5.72. The monoisotopic (exact) mass is 258 g/mol. The zero-order valence-corrected chi connectivity index (χ0v) is 11.7. The summed E-state index contributed by atoms with van der Waals surface area (Å²) in [5, 5.41) is 20.1. The fraction of sp³-hybridized carbons (Fsp3) is 0.929. The molecule has 3 unspecified atom stereocenters. The van der Waals surface area contributed by atoms with Crippen LogP contribution in [0.15, 0.2) is 0 Å². The fourth-order valence-electron chi connectivity index (χ4n) is 2.82. The van der Waals surface area contributed by atoms with E-state index in [0.29, 0.717) is 25.9 Å². The summed E-state index contributed by atoms with van der Waals surface area (Å²) in [6, 6.07) is 0. The molecule has 0 aromatic heterocycles. The van der Waals surface area contributed by atoms with Gasteiger partial charge in [-0.1, -0.05) is 26.7 Å². The molecule has 0 aliphatic carbocycles. The molecule has 0 aromatic rings. The molecule has 0 radical (unpaired) electrons. The van der Waals surface area contributed by atoms with Crippen LogP contribution >= 0.6 is 0 Å². The van der Waals surface area contributed by atoms with Gasteiger partial charge in [0.2, 0.25) is 0 Å². The van der Waals surface area contributed by atoms with E-state index in [4.69, 9.17) is 4.74 Å². The highest BCUT2D eigenvalue weighted by atomic mass is 16.5. The summed E-state index contributed by atoms with van der Waals surface area (Å²) in [4.78, 5) is 11.4. The van der Waals surface area contributed by atoms with Gasteiger partial charge in [-0.3, -0.25) is 4.79 Å². The summed E-state index contributed by atoms with van der Waals surface area (Å²) in [7, 11) is 0. The largest absolute Gasteiger partial charge is 0.481 e. The van der Waals surface area contributed by atoms with Crippen LogP contribution in [0.4, 0.5) is 0 Å². The Bertz CT molecular complexity index is 292. The summed E-state index contributed by atoms with van der Waals surface area (Å²) < 4.78 is 5.69. The first kappa shape index (κ1) is 15.4. The third kappa shape index (κ3) is 3.45. The number of aliphatic hydroxyl groups is 1. The summed E-state index contributed by atoms with van der Waals surface area (Å²) in [6.45, 7) is 6.43. The number of hydrogen-bond donors (Lipinski definition) is 2. The Morgan fingerprint density at radius 2 is 2.11 bits per heavy atom. The Labute approximate surface area is 109 Å². The summed E-state index contributed by atoms with van der Waals surface area (Å²) in [5.74, 6) is -1.56. The molecule has 1 heterocycles. The first-order chi connectivity index (χ1) is 8.37. The second kappa shape index (κ2) is 6.02. The number of ether oxygens (including phenoxy) is 1. The molecule has 0 bridgehead atoms. The topological polar surface area (TPSA) is 66.8 Å². The minimum atomic E-state index is -1.12. The van der Waals surface area contributed by atoms with E-state index in [0.717, 1.165) is 19.3 Å². The lowest BCUT2D eigenvalue weighted by Crippen LogP contribution is -2.53. The fourth-order valence-corrected chi connectivity index (χ4v) is 2.82. The standard InChI is InChI=1S/C14H26O4/c1-4-6-7-11(12(15)16)14(17)8-9-18-13(3,5-2)10-14/h11,17H,4-10H2,1-3H3,(H,15,16). The zero-order valence-electron chi connectivity index (χ0n) is 11.7. The number of rotatable bonds is 6. The highest BCUT2D eigenvalue weighted by Gasteiger charge is 2.48. The van der Waals surface area contributed by atoms with Gasteiger partial charge in [-0.2, -0.15) is 0 Å². The smallest absolute Gasteiger partial charge is 0.309 e. The van der Waals surface area contributed by atoms with Gasteiger partial charge in [0.1, 0.15) is 0 Å². The van der Waals surface area contributed by atoms with Crippen molar-refractivity contribution < 1.29 is 19.7 Å². The third-order valence-electron chi connectivity index (χ3n) is 4.21. The lowest BCUT2D eigenvalue weighted by Gasteiger charge is -2.45. The van der Waals surface area contributed by atoms with Crippen LogP contribution < -0.4 is 0 Å². The normalized spacial score (nSPS) is 34.2. The first-order valence-corrected chi connectivity index (χ1v) is 6.96. The van der Waals surface area contributed by atoms with E-state index >= 15 is 0 Å². The lowest BCUT2D eigenvalue weighted by atomic mass is 9.72. The molecule has 18 heavy (non-hydrogen) atoms. The number of carboxylic acids is 1. The van der Waals surface area contributed by atoms with Crippen LogP contribution in [0.5, 0.6) is 0 Å². The van der Waals surface area contributed by atoms with E-state index in [-0.39, 0.29) is 0 Å². The average molecular weight is 258 g/mol. The quantitative estimate of drug-likeness (QED) is 0.768. The van der Waals surface area contributed by atoms with Gasteiger partial charge in [0.25, 0.3) is 0 Å². The maximum atomic E-state index is 11.4. The van der Waals surface area contributed by atoms with Crippen molar-refractivity contribution >= 4 is 5.97 Å². The molecule has 4 heteroatoms. The zero-order chi connectivity index (χ0) is 13.8. The summed E-state index contributed by atoms with van der Waals surface area (Å²) in [5.41, 5.74) is -1.52. The van der Waals surface area contributed by atoms with Crippen LogP contribution in [0.1, 0.15) is 59.3 Å². The maximum Gasteiger partial charge on any atom is 0.309 e. The predicted molar refractivity (Wildman–Crippen MR) is 69.5 cm³/mol. The molecule has 1 rings (SSSR count). The molecule has 0 saturated carbocycles. The van der Waals surface area contributed by atoms with Crippen molar-refractivity contribution in [1.29, 1.82) is 0 Å². The van der Waals surface area contributed by atoms with Crippen LogP contribution in [0.3, 0.4) is 0 Å². The molecular weight excluding hydrogens is 232 g/mol. The molecule has 3 atom stereocenters. The van der Waals surface area contributed by atoms with Gasteiger partial charge in [0, 0.05) is 12.8 Å². The van der Waals surface area contributed by atoms with E-state index in [1.165, 1.54) is 0 Å². The van der Waals surface area contributed by atoms with Crippen molar-refractivity contribution in [2.45, 2.75) is 70.5 Å². The number of aliphatic carboxylic acids is 1. The molecule has 4 nitrogen and oxygen atoms in total. The summed E-state index contributed by atoms with van der Waals surface area (Å²) in [6.07, 6.45) is 3.95. The molecule has 1 saturated heterocycles. The number of hydrogen-bond acceptors (Lipinski definition) is 3. The Hall–Kier alpha value is -0.610. The van der Waals surface area contributed by atoms with Crippen LogP contribution in [0, 0.1) is 5.92 Å². The lowest BCUT2D eigenvalue weighted by molar-refractivity contribution is -0.187. The predicted octanol–water partition coefficient (Wildman–Crippen LogP) is 2.59. The molecular formula is C14H26O4. The van der Waals surface area contributed by atoms with E-state index < -0.39 is 23.1 Å². The van der Waals surface area contributed by atoms with Crippen molar-refractivity contribution in [3.05, 3.63) is 0 Å². The van der Waals surface area contributed by atoms with E-state index in [1.807, 2.05) is 20.8 Å². The third-order valence-corrected chi connectivity index (χ3v) is 4.21. The number of carboxylic acid groups (broad SMARTS) is 1. The van der Waals surface area contributed by atoms with Crippen LogP contribution in [-0.4, -0.2) is 34.0 Å². The second-order valence-electron chi connectivity index (χ2n) is 5.72. The molecule has 106 valence electrons. The average Bonchev–Trinajstić information content (AvgIpc) is 2.28. The van der Waals surface area contributed by atoms with Crippen molar-refractivity contribution in [3.8, 4) is 0 Å². The molecule has 0 aromatic carbocycles. The van der Waals surface area contributed by atoms with Crippen LogP contribution in [-0.2, 0) is 9.53 Å². The van der Waals surface area contributed by atoms with E-state index in [9.17, 15) is 15.0 Å². The van der Waals surface area contributed by atoms with Crippen molar-refractivity contribution in [1.82, 2.24) is 0 Å². The Kier molecular flexibility index (Phi) is 5.17. The number of carbonyl (C=O) groups is 1. The molecule has 1 fully saturated rings. The highest BCUT2D eigenvalue weighted by Crippen LogP contribution is 2.40. The molecule has 0 spiro atoms. The molecule has 0 amide bonds. The number of unbranched alkanes of at least 4 members (excludes halogenated alkanes) is 1. The Morgan fingerprint density at radius 1 is 1.44 bits per heavy atom. The Morgan fingerprint density at radius 3 is 2.61 bits per heavy atom. The van der Waals surface area contributed by atoms with Gasteiger partial charge in [-0.25, -0.2) is 0 Å². The van der Waals surface area contributed by atoms with Gasteiger partial charge >= 0.3 is 5.97 Å². The van der Waals surface area contributed by atoms with Crippen molar-refractivity contribution in [2.75, 3.05) is 6.61 Å². The summed E-state index contributed by atoms with van der Waals surface area (Å²) >= 11 is 0. The van der Waals surface area contributed by atoms with Gasteiger partial charge in [0.15, 0.2) is 0 Å². The van der Waals surface area contributed by atoms with Crippen LogP contribution in [0.25, 0.3) is 0 Å². The first-order valence-electron chi connectivity index (χ1n) is 6.96. The molecule has 1 aliphatic heterocycles. The van der Waals surface area contributed by atoms with Crippen molar-refractivity contribution in [2.24, 2.45) is 5.92 Å². The molecule has 2 N–H and O–H groups in total. The van der Waals surface area contributed by atoms with Crippen molar-refractivity contribution in [3.63, 3.8) is 0 Å². The molecule has 1 aliphatic rings. The van der Waals surface area contributed by atoms with Gasteiger partial charge < -0.3 is 14.9 Å². The maximum absolute atomic E-state index is 11.4. The van der Waals surface area contributed by atoms with E-state index in [1.54, 1.807) is 0 Å². The van der Waals surface area contributed by atoms with E-state index in [2.05, 4.69) is 0 Å². The van der Waals surface area contributed by atoms with Crippen LogP contribution in [0.2, 0.25) is 0 Å². The van der Waals surface area contributed by atoms with Gasteiger partial charge in [-0.15, -0.1) is 0 Å². The van der Waals surface area contributed by atoms with Gasteiger partial charge in [0.05, 0.1) is 23.7 Å². The SMILES string of the molecule is CCCCC(C(=O)O)C1(O)CCOC(C)(CC)C1. The minimum Gasteiger partial charge on any atom is -0.481 e. The van der Waals surface area contributed by atoms with Gasteiger partial charge in [-0.05, 0) is 19.8 Å². The highest BCUT2D eigenvalue weighted by molar-refractivity contribution is 5.71. The minimum absolute atomic E-state index is 0.396. The Balaban J connectivity index is 2.83.